The van der Waals surface area contributed by atoms with Crippen molar-refractivity contribution in [2.24, 2.45) is 0 Å². The first-order valence-electron chi connectivity index (χ1n) is 10.3. The molecule has 0 spiro atoms. The largest absolute Gasteiger partial charge is 0.345 e. The molecule has 9 heteroatoms. The predicted molar refractivity (Wildman–Crippen MR) is 118 cm³/mol. The molecule has 0 aliphatic carbocycles. The second-order valence-corrected chi connectivity index (χ2v) is 7.65. The molecule has 9 nitrogen and oxygen atoms in total. The number of anilines is 1. The Hall–Kier alpha value is -4.27. The van der Waals surface area contributed by atoms with Gasteiger partial charge in [0.25, 0.3) is 0 Å². The molecular formula is C23H20N6O3. The minimum absolute atomic E-state index is 0.00389. The first-order valence-corrected chi connectivity index (χ1v) is 10.3. The lowest BCUT2D eigenvalue weighted by Gasteiger charge is -2.19. The number of H-pyrrole nitrogens is 1. The first-order chi connectivity index (χ1) is 15.6. The lowest BCUT2D eigenvalue weighted by molar-refractivity contribution is -0.134. The summed E-state index contributed by atoms with van der Waals surface area (Å²) < 4.78 is 1.60. The number of nitrogens with one attached hydrogen (secondary N) is 3. The molecule has 3 heterocycles. The zero-order valence-corrected chi connectivity index (χ0v) is 17.0. The van der Waals surface area contributed by atoms with Crippen molar-refractivity contribution in [1.29, 1.82) is 0 Å². The van der Waals surface area contributed by atoms with Crippen LogP contribution in [0.3, 0.4) is 0 Å². The molecule has 1 fully saturated rings. The third-order valence-electron chi connectivity index (χ3n) is 5.53. The van der Waals surface area contributed by atoms with E-state index in [1.54, 1.807) is 17.2 Å². The monoisotopic (exact) mass is 428 g/mol. The second-order valence-electron chi connectivity index (χ2n) is 7.65. The van der Waals surface area contributed by atoms with Crippen molar-refractivity contribution in [3.8, 4) is 11.3 Å². The predicted octanol–water partition coefficient (Wildman–Crippen LogP) is 2.59. The summed E-state index contributed by atoms with van der Waals surface area (Å²) in [5, 5.41) is 10.7. The van der Waals surface area contributed by atoms with E-state index in [1.807, 2.05) is 48.5 Å². The summed E-state index contributed by atoms with van der Waals surface area (Å²) in [7, 11) is 0. The minimum Gasteiger partial charge on any atom is -0.345 e. The fourth-order valence-corrected chi connectivity index (χ4v) is 3.97. The van der Waals surface area contributed by atoms with Crippen molar-refractivity contribution < 1.29 is 14.4 Å². The molecule has 160 valence electrons. The third-order valence-corrected chi connectivity index (χ3v) is 5.53. The van der Waals surface area contributed by atoms with Crippen LogP contribution in [0.25, 0.3) is 22.2 Å². The maximum Gasteiger partial charge on any atom is 0.246 e. The molecule has 1 unspecified atom stereocenters. The molecule has 32 heavy (non-hydrogen) atoms. The van der Waals surface area contributed by atoms with Crippen LogP contribution in [0.15, 0.2) is 61.1 Å². The van der Waals surface area contributed by atoms with Gasteiger partial charge in [0.15, 0.2) is 0 Å². The number of benzene rings is 2. The van der Waals surface area contributed by atoms with Crippen LogP contribution in [0.1, 0.15) is 24.5 Å². The summed E-state index contributed by atoms with van der Waals surface area (Å²) in [6.45, 7) is -0.00389. The Morgan fingerprint density at radius 2 is 1.94 bits per heavy atom. The number of carbonyl (C=O) groups is 3. The molecule has 1 saturated heterocycles. The van der Waals surface area contributed by atoms with Crippen molar-refractivity contribution in [3.63, 3.8) is 0 Å². The van der Waals surface area contributed by atoms with E-state index in [0.29, 0.717) is 17.8 Å². The van der Waals surface area contributed by atoms with Crippen LogP contribution in [0.5, 0.6) is 0 Å². The molecule has 3 N–H and O–H groups in total. The summed E-state index contributed by atoms with van der Waals surface area (Å²) in [5.41, 5.74) is 3.87. The minimum atomic E-state index is -0.517. The zero-order valence-electron chi connectivity index (χ0n) is 17.0. The standard InChI is InChI=1S/C23H20N6O3/c30-20-10-9-17(23(32)27-20)22-16-3-1-2-4-19(16)29(28-22)12-21(31)26-15-7-5-14(6-8-15)18-11-24-13-25-18/h1-8,11,13,17H,9-10,12H2,(H,24,25)(H,26,31)(H,27,30,32). The van der Waals surface area contributed by atoms with Gasteiger partial charge in [-0.25, -0.2) is 4.98 Å². The van der Waals surface area contributed by atoms with Gasteiger partial charge in [0, 0.05) is 17.5 Å². The van der Waals surface area contributed by atoms with Crippen LogP contribution in [0.2, 0.25) is 0 Å². The summed E-state index contributed by atoms with van der Waals surface area (Å²) in [6.07, 6.45) is 4.02. The fraction of sp³-hybridized carbons (Fsp3) is 0.174. The third kappa shape index (κ3) is 3.76. The Balaban J connectivity index is 1.35. The molecule has 5 rings (SSSR count). The molecular weight excluding hydrogens is 408 g/mol. The lowest BCUT2D eigenvalue weighted by atomic mass is 9.93. The Bertz CT molecular complexity index is 1310. The van der Waals surface area contributed by atoms with Gasteiger partial charge in [0.2, 0.25) is 17.7 Å². The summed E-state index contributed by atoms with van der Waals surface area (Å²) in [5.74, 6) is -1.37. The second kappa shape index (κ2) is 8.10. The van der Waals surface area contributed by atoms with Gasteiger partial charge in [0.1, 0.15) is 6.54 Å². The van der Waals surface area contributed by atoms with Gasteiger partial charge in [-0.2, -0.15) is 5.10 Å². The number of aromatic nitrogens is 4. The maximum absolute atomic E-state index is 12.7. The van der Waals surface area contributed by atoms with Gasteiger partial charge in [-0.3, -0.25) is 24.4 Å². The number of imidazole rings is 1. The van der Waals surface area contributed by atoms with Crippen LogP contribution in [0.4, 0.5) is 5.69 Å². The highest BCUT2D eigenvalue weighted by Gasteiger charge is 2.31. The van der Waals surface area contributed by atoms with Gasteiger partial charge in [-0.15, -0.1) is 0 Å². The number of hydrogen-bond donors (Lipinski definition) is 3. The highest BCUT2D eigenvalue weighted by atomic mass is 16.2. The lowest BCUT2D eigenvalue weighted by Crippen LogP contribution is -2.39. The zero-order chi connectivity index (χ0) is 22.1. The Labute approximate surface area is 182 Å². The smallest absolute Gasteiger partial charge is 0.246 e. The van der Waals surface area contributed by atoms with Gasteiger partial charge >= 0.3 is 0 Å². The molecule has 0 bridgehead atoms. The summed E-state index contributed by atoms with van der Waals surface area (Å²) in [4.78, 5) is 43.6. The first kappa shape index (κ1) is 19.7. The van der Waals surface area contributed by atoms with Gasteiger partial charge < -0.3 is 10.3 Å². The number of rotatable bonds is 5. The SMILES string of the molecule is O=C1CCC(c2nn(CC(=O)Nc3ccc(-c4cnc[nH]4)cc3)c3ccccc23)C(=O)N1. The van der Waals surface area contributed by atoms with Gasteiger partial charge in [-0.05, 0) is 30.2 Å². The van der Waals surface area contributed by atoms with Crippen molar-refractivity contribution in [1.82, 2.24) is 25.1 Å². The number of carbonyl (C=O) groups excluding carboxylic acids is 3. The average Bonchev–Trinajstić information content (AvgIpc) is 3.44. The van der Waals surface area contributed by atoms with Crippen molar-refractivity contribution >= 4 is 34.3 Å². The number of amides is 3. The van der Waals surface area contributed by atoms with Crippen LogP contribution in [-0.4, -0.2) is 37.5 Å². The topological polar surface area (TPSA) is 122 Å². The van der Waals surface area contributed by atoms with E-state index in [1.165, 1.54) is 0 Å². The number of piperidine rings is 1. The molecule has 1 aliphatic heterocycles. The van der Waals surface area contributed by atoms with Crippen LogP contribution in [-0.2, 0) is 20.9 Å². The van der Waals surface area contributed by atoms with Crippen molar-refractivity contribution in [2.75, 3.05) is 5.32 Å². The highest BCUT2D eigenvalue weighted by molar-refractivity contribution is 6.02. The fourth-order valence-electron chi connectivity index (χ4n) is 3.97. The van der Waals surface area contributed by atoms with Crippen LogP contribution in [0, 0.1) is 0 Å². The molecule has 0 saturated carbocycles. The number of nitrogens with zero attached hydrogens (tertiary/aromatic N) is 3. The Kier molecular flexibility index (Phi) is 4.98. The van der Waals surface area contributed by atoms with E-state index in [4.69, 9.17) is 0 Å². The van der Waals surface area contributed by atoms with Crippen LogP contribution < -0.4 is 10.6 Å². The molecule has 3 amide bonds. The van der Waals surface area contributed by atoms with Gasteiger partial charge in [0.05, 0.1) is 35.3 Å². The normalized spacial score (nSPS) is 16.2. The number of fused-ring (bicyclic) bond motifs is 1. The number of imide groups is 1. The van der Waals surface area contributed by atoms with Crippen LogP contribution >= 0.6 is 0 Å². The molecule has 1 aliphatic rings. The highest BCUT2D eigenvalue weighted by Crippen LogP contribution is 2.30. The van der Waals surface area contributed by atoms with E-state index in [0.717, 1.165) is 22.2 Å². The number of para-hydroxylation sites is 1. The van der Waals surface area contributed by atoms with E-state index in [2.05, 4.69) is 25.7 Å². The van der Waals surface area contributed by atoms with E-state index in [-0.39, 0.29) is 30.7 Å². The van der Waals surface area contributed by atoms with Gasteiger partial charge in [-0.1, -0.05) is 30.3 Å². The number of hydrogen-bond acceptors (Lipinski definition) is 5. The summed E-state index contributed by atoms with van der Waals surface area (Å²) in [6, 6.07) is 14.9. The van der Waals surface area contributed by atoms with E-state index >= 15 is 0 Å². The Morgan fingerprint density at radius 3 is 2.69 bits per heavy atom. The van der Waals surface area contributed by atoms with Crippen molar-refractivity contribution in [2.45, 2.75) is 25.3 Å². The average molecular weight is 428 g/mol. The van der Waals surface area contributed by atoms with E-state index in [9.17, 15) is 14.4 Å². The summed E-state index contributed by atoms with van der Waals surface area (Å²) >= 11 is 0. The molecule has 2 aromatic carbocycles. The molecule has 1 atom stereocenters. The maximum atomic E-state index is 12.7. The van der Waals surface area contributed by atoms with E-state index < -0.39 is 5.92 Å². The quantitative estimate of drug-likeness (QED) is 0.422. The molecule has 2 aromatic heterocycles. The molecule has 4 aromatic rings. The van der Waals surface area contributed by atoms with Crippen molar-refractivity contribution in [3.05, 3.63) is 66.7 Å². The Morgan fingerprint density at radius 1 is 1.12 bits per heavy atom. The molecule has 0 radical (unpaired) electrons. The number of aromatic amines is 1.